The summed E-state index contributed by atoms with van der Waals surface area (Å²) in [6, 6.07) is 14.9. The number of amides is 1. The number of carbonyl (C=O) groups excluding carboxylic acids is 2. The Labute approximate surface area is 150 Å². The molecular weight excluding hydrogens is 332 g/mol. The zero-order chi connectivity index (χ0) is 17.5. The first-order chi connectivity index (χ1) is 12.2. The third-order valence-electron chi connectivity index (χ3n) is 3.84. The normalized spacial score (nSPS) is 10.4. The third kappa shape index (κ3) is 4.61. The average Bonchev–Trinajstić information content (AvgIpc) is 3.20. The second-order valence-electron chi connectivity index (χ2n) is 5.59. The molecule has 3 aromatic rings. The minimum atomic E-state index is -0.135. The minimum absolute atomic E-state index is 0.0175. The third-order valence-corrected chi connectivity index (χ3v) is 4.52. The van der Waals surface area contributed by atoms with E-state index in [1.165, 1.54) is 0 Å². The summed E-state index contributed by atoms with van der Waals surface area (Å²) in [6.45, 7) is 0.400. The fourth-order valence-electron chi connectivity index (χ4n) is 2.52. The number of Topliss-reactive ketones (excluding diaryl/α,β-unsaturated/α-hetero) is 1. The molecule has 0 aliphatic carbocycles. The number of hydrogen-bond donors (Lipinski definition) is 1. The van der Waals surface area contributed by atoms with Crippen LogP contribution in [0.3, 0.4) is 0 Å². The second kappa shape index (κ2) is 8.35. The molecule has 1 N–H and O–H groups in total. The van der Waals surface area contributed by atoms with E-state index in [1.54, 1.807) is 29.7 Å². The van der Waals surface area contributed by atoms with Crippen LogP contribution in [-0.4, -0.2) is 16.7 Å². The summed E-state index contributed by atoms with van der Waals surface area (Å²) < 4.78 is 0. The molecule has 2 aromatic heterocycles. The molecule has 0 radical (unpaired) electrons. The summed E-state index contributed by atoms with van der Waals surface area (Å²) in [7, 11) is 0. The molecule has 1 aromatic carbocycles. The van der Waals surface area contributed by atoms with Gasteiger partial charge in [0.25, 0.3) is 0 Å². The van der Waals surface area contributed by atoms with Gasteiger partial charge in [-0.25, -0.2) is 0 Å². The van der Waals surface area contributed by atoms with E-state index in [-0.39, 0.29) is 24.5 Å². The Hall–Kier alpha value is -2.79. The maximum atomic E-state index is 12.1. The van der Waals surface area contributed by atoms with Crippen LogP contribution in [0, 0.1) is 0 Å². The molecule has 0 aliphatic heterocycles. The standard InChI is InChI=1S/C20H18N2O2S/c23-18(15-5-2-1-3-6-15)8-9-19(24)22-13-16-7-4-11-21-20(16)17-10-12-25-14-17/h1-7,10-12,14H,8-9,13H2,(H,22,24). The number of nitrogens with one attached hydrogen (secondary N) is 1. The Morgan fingerprint density at radius 2 is 1.84 bits per heavy atom. The van der Waals surface area contributed by atoms with Crippen LogP contribution in [0.2, 0.25) is 0 Å². The van der Waals surface area contributed by atoms with Crippen molar-refractivity contribution in [3.8, 4) is 11.3 Å². The number of pyridine rings is 1. The van der Waals surface area contributed by atoms with E-state index in [4.69, 9.17) is 0 Å². The summed E-state index contributed by atoms with van der Waals surface area (Å²) in [5.74, 6) is -0.152. The van der Waals surface area contributed by atoms with Crippen molar-refractivity contribution in [3.05, 3.63) is 76.6 Å². The van der Waals surface area contributed by atoms with E-state index >= 15 is 0 Å². The topological polar surface area (TPSA) is 59.1 Å². The number of nitrogens with zero attached hydrogens (tertiary/aromatic N) is 1. The predicted molar refractivity (Wildman–Crippen MR) is 99.4 cm³/mol. The Balaban J connectivity index is 1.54. The van der Waals surface area contributed by atoms with Gasteiger partial charge < -0.3 is 5.32 Å². The summed E-state index contributed by atoms with van der Waals surface area (Å²) >= 11 is 1.61. The number of aromatic nitrogens is 1. The van der Waals surface area contributed by atoms with Crippen LogP contribution in [0.4, 0.5) is 0 Å². The molecule has 2 heterocycles. The van der Waals surface area contributed by atoms with E-state index < -0.39 is 0 Å². The molecule has 126 valence electrons. The smallest absolute Gasteiger partial charge is 0.220 e. The van der Waals surface area contributed by atoms with Crippen LogP contribution in [0.1, 0.15) is 28.8 Å². The molecule has 0 bridgehead atoms. The van der Waals surface area contributed by atoms with Crippen molar-refractivity contribution in [3.63, 3.8) is 0 Å². The summed E-state index contributed by atoms with van der Waals surface area (Å²) in [5.41, 5.74) is 3.53. The molecule has 0 saturated heterocycles. The van der Waals surface area contributed by atoms with E-state index in [0.717, 1.165) is 16.8 Å². The van der Waals surface area contributed by atoms with E-state index in [0.29, 0.717) is 12.1 Å². The molecule has 0 fully saturated rings. The van der Waals surface area contributed by atoms with Crippen molar-refractivity contribution < 1.29 is 9.59 Å². The number of hydrogen-bond acceptors (Lipinski definition) is 4. The van der Waals surface area contributed by atoms with Gasteiger partial charge in [0.15, 0.2) is 5.78 Å². The molecule has 0 saturated carbocycles. The first-order valence-electron chi connectivity index (χ1n) is 8.05. The average molecular weight is 350 g/mol. The molecule has 4 nitrogen and oxygen atoms in total. The van der Waals surface area contributed by atoms with Gasteiger partial charge in [-0.05, 0) is 23.1 Å². The first-order valence-corrected chi connectivity index (χ1v) is 9.00. The van der Waals surface area contributed by atoms with Crippen LogP contribution >= 0.6 is 11.3 Å². The lowest BCUT2D eigenvalue weighted by molar-refractivity contribution is -0.121. The SMILES string of the molecule is O=C(CCC(=O)c1ccccc1)NCc1cccnc1-c1ccsc1. The lowest BCUT2D eigenvalue weighted by Crippen LogP contribution is -2.23. The fourth-order valence-corrected chi connectivity index (χ4v) is 3.16. The van der Waals surface area contributed by atoms with Gasteiger partial charge in [0.1, 0.15) is 0 Å². The van der Waals surface area contributed by atoms with Crippen LogP contribution < -0.4 is 5.32 Å². The molecular formula is C20H18N2O2S. The van der Waals surface area contributed by atoms with Crippen molar-refractivity contribution in [2.75, 3.05) is 0 Å². The molecule has 0 spiro atoms. The summed E-state index contributed by atoms with van der Waals surface area (Å²) in [4.78, 5) is 28.5. The Kier molecular flexibility index (Phi) is 5.69. The second-order valence-corrected chi connectivity index (χ2v) is 6.37. The number of ketones is 1. The van der Waals surface area contributed by atoms with Crippen LogP contribution in [0.15, 0.2) is 65.5 Å². The summed E-state index contributed by atoms with van der Waals surface area (Å²) in [5, 5.41) is 6.92. The number of carbonyl (C=O) groups is 2. The Bertz CT molecular complexity index is 845. The van der Waals surface area contributed by atoms with Crippen LogP contribution in [0.5, 0.6) is 0 Å². The highest BCUT2D eigenvalue weighted by Crippen LogP contribution is 2.23. The van der Waals surface area contributed by atoms with Gasteiger partial charge >= 0.3 is 0 Å². The van der Waals surface area contributed by atoms with Crippen LogP contribution in [0.25, 0.3) is 11.3 Å². The highest BCUT2D eigenvalue weighted by molar-refractivity contribution is 7.08. The van der Waals surface area contributed by atoms with E-state index in [1.807, 2.05) is 47.2 Å². The molecule has 1 amide bonds. The molecule has 5 heteroatoms. The maximum Gasteiger partial charge on any atom is 0.220 e. The van der Waals surface area contributed by atoms with Gasteiger partial charge in [-0.3, -0.25) is 14.6 Å². The van der Waals surface area contributed by atoms with Gasteiger partial charge in [0.05, 0.1) is 5.69 Å². The number of benzene rings is 1. The number of rotatable bonds is 7. The monoisotopic (exact) mass is 350 g/mol. The Morgan fingerprint density at radius 1 is 1.00 bits per heavy atom. The molecule has 3 rings (SSSR count). The van der Waals surface area contributed by atoms with E-state index in [9.17, 15) is 9.59 Å². The van der Waals surface area contributed by atoms with Crippen molar-refractivity contribution >= 4 is 23.0 Å². The van der Waals surface area contributed by atoms with E-state index in [2.05, 4.69) is 10.3 Å². The zero-order valence-electron chi connectivity index (χ0n) is 13.6. The van der Waals surface area contributed by atoms with Gasteiger partial charge in [-0.2, -0.15) is 11.3 Å². The van der Waals surface area contributed by atoms with Crippen molar-refractivity contribution in [1.29, 1.82) is 0 Å². The molecule has 0 unspecified atom stereocenters. The van der Waals surface area contributed by atoms with Crippen molar-refractivity contribution in [2.24, 2.45) is 0 Å². The van der Waals surface area contributed by atoms with Gasteiger partial charge in [-0.15, -0.1) is 0 Å². The lowest BCUT2D eigenvalue weighted by Gasteiger charge is -2.09. The summed E-state index contributed by atoms with van der Waals surface area (Å²) in [6.07, 6.45) is 2.14. The van der Waals surface area contributed by atoms with Gasteiger partial charge in [0.2, 0.25) is 5.91 Å². The molecule has 0 aliphatic rings. The first kappa shape index (κ1) is 17.0. The van der Waals surface area contributed by atoms with Gasteiger partial charge in [-0.1, -0.05) is 36.4 Å². The fraction of sp³-hybridized carbons (Fsp3) is 0.150. The minimum Gasteiger partial charge on any atom is -0.352 e. The highest BCUT2D eigenvalue weighted by Gasteiger charge is 2.11. The quantitative estimate of drug-likeness (QED) is 0.653. The molecule has 25 heavy (non-hydrogen) atoms. The Morgan fingerprint density at radius 3 is 2.60 bits per heavy atom. The predicted octanol–water partition coefficient (Wildman–Crippen LogP) is 4.09. The van der Waals surface area contributed by atoms with Crippen molar-refractivity contribution in [1.82, 2.24) is 10.3 Å². The maximum absolute atomic E-state index is 12.1. The zero-order valence-corrected chi connectivity index (χ0v) is 14.5. The molecule has 0 atom stereocenters. The van der Waals surface area contributed by atoms with Crippen molar-refractivity contribution in [2.45, 2.75) is 19.4 Å². The lowest BCUT2D eigenvalue weighted by atomic mass is 10.1. The van der Waals surface area contributed by atoms with Crippen LogP contribution in [-0.2, 0) is 11.3 Å². The highest BCUT2D eigenvalue weighted by atomic mass is 32.1. The number of thiophene rings is 1. The van der Waals surface area contributed by atoms with Gasteiger partial charge in [0, 0.05) is 42.1 Å². The largest absolute Gasteiger partial charge is 0.352 e.